The maximum Gasteiger partial charge on any atom is 0.123 e. The smallest absolute Gasteiger partial charge is 0.123 e. The average Bonchev–Trinajstić information content (AvgIpc) is 2.38. The molecule has 3 heteroatoms. The van der Waals surface area contributed by atoms with Gasteiger partial charge in [0.15, 0.2) is 0 Å². The number of hydrogen-bond acceptors (Lipinski definition) is 2. The first-order chi connectivity index (χ1) is 8.25. The number of rotatable bonds is 4. The van der Waals surface area contributed by atoms with E-state index in [4.69, 9.17) is 5.73 Å². The zero-order valence-corrected chi connectivity index (χ0v) is 9.51. The monoisotopic (exact) mass is 230 g/mol. The summed E-state index contributed by atoms with van der Waals surface area (Å²) in [6, 6.07) is 12.1. The van der Waals surface area contributed by atoms with Crippen LogP contribution in [0.2, 0.25) is 0 Å². The first-order valence-corrected chi connectivity index (χ1v) is 5.66. The molecule has 0 saturated heterocycles. The van der Waals surface area contributed by atoms with Gasteiger partial charge in [0.1, 0.15) is 5.82 Å². The van der Waals surface area contributed by atoms with Crippen LogP contribution < -0.4 is 5.73 Å². The Morgan fingerprint density at radius 2 is 1.88 bits per heavy atom. The van der Waals surface area contributed by atoms with E-state index in [-0.39, 0.29) is 11.9 Å². The third-order valence-electron chi connectivity index (χ3n) is 2.74. The fraction of sp³-hybridized carbons (Fsp3) is 0.214. The molecule has 17 heavy (non-hydrogen) atoms. The van der Waals surface area contributed by atoms with Crippen molar-refractivity contribution in [3.63, 3.8) is 0 Å². The summed E-state index contributed by atoms with van der Waals surface area (Å²) < 4.78 is 12.8. The Kier molecular flexibility index (Phi) is 3.83. The van der Waals surface area contributed by atoms with Gasteiger partial charge in [0.05, 0.1) is 0 Å². The van der Waals surface area contributed by atoms with Crippen LogP contribution in [0.3, 0.4) is 0 Å². The van der Waals surface area contributed by atoms with E-state index in [1.807, 2.05) is 18.2 Å². The summed E-state index contributed by atoms with van der Waals surface area (Å²) in [5, 5.41) is 0. The number of aromatic nitrogens is 1. The Balaban J connectivity index is 1.93. The number of halogens is 1. The van der Waals surface area contributed by atoms with Gasteiger partial charge in [-0.05, 0) is 42.7 Å². The topological polar surface area (TPSA) is 38.9 Å². The molecule has 0 aliphatic rings. The highest BCUT2D eigenvalue weighted by Crippen LogP contribution is 2.16. The zero-order valence-electron chi connectivity index (χ0n) is 9.51. The second-order valence-electron chi connectivity index (χ2n) is 4.02. The van der Waals surface area contributed by atoms with Crippen LogP contribution >= 0.6 is 0 Å². The number of pyridine rings is 1. The molecule has 0 bridgehead atoms. The molecule has 2 N–H and O–H groups in total. The molecule has 1 aromatic carbocycles. The van der Waals surface area contributed by atoms with Crippen LogP contribution in [-0.4, -0.2) is 4.98 Å². The second-order valence-corrected chi connectivity index (χ2v) is 4.02. The molecule has 2 aromatic rings. The summed E-state index contributed by atoms with van der Waals surface area (Å²) in [5.74, 6) is -0.231. The molecule has 1 atom stereocenters. The average molecular weight is 230 g/mol. The van der Waals surface area contributed by atoms with Crippen LogP contribution in [0, 0.1) is 5.82 Å². The van der Waals surface area contributed by atoms with E-state index in [2.05, 4.69) is 4.98 Å². The second kappa shape index (κ2) is 5.55. The van der Waals surface area contributed by atoms with Crippen LogP contribution in [0.25, 0.3) is 0 Å². The number of aryl methyl sites for hydroxylation is 1. The van der Waals surface area contributed by atoms with E-state index in [1.54, 1.807) is 18.3 Å². The predicted molar refractivity (Wildman–Crippen MR) is 65.9 cm³/mol. The van der Waals surface area contributed by atoms with Crippen molar-refractivity contribution in [1.82, 2.24) is 4.98 Å². The molecular weight excluding hydrogens is 215 g/mol. The molecule has 88 valence electrons. The summed E-state index contributed by atoms with van der Waals surface area (Å²) in [6.07, 6.45) is 3.42. The van der Waals surface area contributed by atoms with Crippen molar-refractivity contribution < 1.29 is 4.39 Å². The highest BCUT2D eigenvalue weighted by atomic mass is 19.1. The van der Waals surface area contributed by atoms with E-state index >= 15 is 0 Å². The van der Waals surface area contributed by atoms with E-state index in [9.17, 15) is 4.39 Å². The Morgan fingerprint density at radius 3 is 2.53 bits per heavy atom. The molecule has 2 rings (SSSR count). The van der Waals surface area contributed by atoms with Gasteiger partial charge in [-0.15, -0.1) is 0 Å². The normalized spacial score (nSPS) is 12.4. The third kappa shape index (κ3) is 3.36. The lowest BCUT2D eigenvalue weighted by molar-refractivity contribution is 0.617. The van der Waals surface area contributed by atoms with Crippen molar-refractivity contribution >= 4 is 0 Å². The molecule has 1 heterocycles. The Morgan fingerprint density at radius 1 is 1.12 bits per heavy atom. The number of hydrogen-bond donors (Lipinski definition) is 1. The molecule has 1 aromatic heterocycles. The highest BCUT2D eigenvalue weighted by Gasteiger charge is 2.06. The van der Waals surface area contributed by atoms with Crippen molar-refractivity contribution in [3.05, 3.63) is 65.7 Å². The fourth-order valence-corrected chi connectivity index (χ4v) is 1.73. The van der Waals surface area contributed by atoms with Crippen molar-refractivity contribution in [2.24, 2.45) is 5.73 Å². The predicted octanol–water partition coefficient (Wildman–Crippen LogP) is 2.85. The van der Waals surface area contributed by atoms with Gasteiger partial charge in [0.2, 0.25) is 0 Å². The number of nitrogens with zero attached hydrogens (tertiary/aromatic N) is 1. The molecule has 1 unspecified atom stereocenters. The first kappa shape index (κ1) is 11.7. The summed E-state index contributed by atoms with van der Waals surface area (Å²) in [6.45, 7) is 0. The third-order valence-corrected chi connectivity index (χ3v) is 2.74. The van der Waals surface area contributed by atoms with Gasteiger partial charge in [-0.2, -0.15) is 0 Å². The SMILES string of the molecule is NC(CCc1ccccn1)c1ccc(F)cc1. The lowest BCUT2D eigenvalue weighted by atomic mass is 10.0. The fourth-order valence-electron chi connectivity index (χ4n) is 1.73. The van der Waals surface area contributed by atoms with E-state index in [1.165, 1.54) is 12.1 Å². The molecule has 0 radical (unpaired) electrons. The zero-order chi connectivity index (χ0) is 12.1. The summed E-state index contributed by atoms with van der Waals surface area (Å²) in [5.41, 5.74) is 8.04. The minimum absolute atomic E-state index is 0.0717. The Bertz CT molecular complexity index is 453. The van der Waals surface area contributed by atoms with Crippen molar-refractivity contribution in [3.8, 4) is 0 Å². The molecular formula is C14H15FN2. The van der Waals surface area contributed by atoms with Gasteiger partial charge in [-0.25, -0.2) is 4.39 Å². The lowest BCUT2D eigenvalue weighted by Gasteiger charge is -2.11. The molecule has 0 aliphatic heterocycles. The minimum atomic E-state index is -0.231. The van der Waals surface area contributed by atoms with E-state index in [0.717, 1.165) is 24.1 Å². The summed E-state index contributed by atoms with van der Waals surface area (Å²) >= 11 is 0. The van der Waals surface area contributed by atoms with Gasteiger partial charge in [0, 0.05) is 17.9 Å². The van der Waals surface area contributed by atoms with Gasteiger partial charge < -0.3 is 5.73 Å². The molecule has 0 fully saturated rings. The minimum Gasteiger partial charge on any atom is -0.324 e. The molecule has 0 amide bonds. The number of benzene rings is 1. The quantitative estimate of drug-likeness (QED) is 0.877. The molecule has 0 saturated carbocycles. The largest absolute Gasteiger partial charge is 0.324 e. The van der Waals surface area contributed by atoms with Crippen LogP contribution in [0.1, 0.15) is 23.7 Å². The van der Waals surface area contributed by atoms with Crippen LogP contribution in [-0.2, 0) is 6.42 Å². The maximum atomic E-state index is 12.8. The van der Waals surface area contributed by atoms with Crippen molar-refractivity contribution in [1.29, 1.82) is 0 Å². The van der Waals surface area contributed by atoms with Gasteiger partial charge >= 0.3 is 0 Å². The van der Waals surface area contributed by atoms with Crippen LogP contribution in [0.5, 0.6) is 0 Å². The van der Waals surface area contributed by atoms with Crippen molar-refractivity contribution in [2.75, 3.05) is 0 Å². The molecule has 0 aliphatic carbocycles. The van der Waals surface area contributed by atoms with Crippen LogP contribution in [0.4, 0.5) is 4.39 Å². The van der Waals surface area contributed by atoms with E-state index < -0.39 is 0 Å². The lowest BCUT2D eigenvalue weighted by Crippen LogP contribution is -2.11. The molecule has 0 spiro atoms. The maximum absolute atomic E-state index is 12.8. The van der Waals surface area contributed by atoms with Crippen molar-refractivity contribution in [2.45, 2.75) is 18.9 Å². The standard InChI is InChI=1S/C14H15FN2/c15-12-6-4-11(5-7-12)14(16)9-8-13-3-1-2-10-17-13/h1-7,10,14H,8-9,16H2. The molecule has 2 nitrogen and oxygen atoms in total. The van der Waals surface area contributed by atoms with E-state index in [0.29, 0.717) is 0 Å². The summed E-state index contributed by atoms with van der Waals surface area (Å²) in [4.78, 5) is 4.24. The van der Waals surface area contributed by atoms with Gasteiger partial charge in [0.25, 0.3) is 0 Å². The Labute approximate surface area is 100 Å². The van der Waals surface area contributed by atoms with Crippen LogP contribution in [0.15, 0.2) is 48.7 Å². The number of nitrogens with two attached hydrogens (primary N) is 1. The Hall–Kier alpha value is -1.74. The summed E-state index contributed by atoms with van der Waals surface area (Å²) in [7, 11) is 0. The van der Waals surface area contributed by atoms with Gasteiger partial charge in [-0.1, -0.05) is 18.2 Å². The first-order valence-electron chi connectivity index (χ1n) is 5.66. The highest BCUT2D eigenvalue weighted by molar-refractivity contribution is 5.19. The van der Waals surface area contributed by atoms with Gasteiger partial charge in [-0.3, -0.25) is 4.98 Å².